The Balaban J connectivity index is 1.19. The normalized spacial score (nSPS) is 29.7. The van der Waals surface area contributed by atoms with Crippen LogP contribution in [0.5, 0.6) is 0 Å². The number of ether oxygens (including phenoxy) is 2. The maximum absolute atomic E-state index is 6.12. The van der Waals surface area contributed by atoms with Gasteiger partial charge in [0.15, 0.2) is 0 Å². The number of nitrogens with one attached hydrogen (secondary N) is 2. The average Bonchev–Trinajstić information content (AvgIpc) is 3.37. The highest BCUT2D eigenvalue weighted by Gasteiger charge is 2.47. The number of anilines is 1. The summed E-state index contributed by atoms with van der Waals surface area (Å²) in [5, 5.41) is 7.18. The predicted octanol–water partition coefficient (Wildman–Crippen LogP) is 3.26. The summed E-state index contributed by atoms with van der Waals surface area (Å²) in [7, 11) is 0. The van der Waals surface area contributed by atoms with E-state index in [4.69, 9.17) is 9.47 Å². The minimum absolute atomic E-state index is 0.0443. The van der Waals surface area contributed by atoms with Gasteiger partial charge in [0.1, 0.15) is 12.2 Å². The molecule has 6 nitrogen and oxygen atoms in total. The van der Waals surface area contributed by atoms with Crippen LogP contribution in [0.3, 0.4) is 0 Å². The van der Waals surface area contributed by atoms with Crippen molar-refractivity contribution in [3.05, 3.63) is 42.6 Å². The topological polar surface area (TPSA) is 68.3 Å². The van der Waals surface area contributed by atoms with E-state index in [0.717, 1.165) is 23.7 Å². The van der Waals surface area contributed by atoms with E-state index in [0.29, 0.717) is 19.2 Å². The van der Waals surface area contributed by atoms with Crippen molar-refractivity contribution in [1.29, 1.82) is 0 Å². The SMILES string of the molecule is c1ccc(-c2ccnc(N[C@@H]3CO[C@@H]4[C@@H]3OC[C@@H]4NCC3CCCCC3)n2)cc1. The van der Waals surface area contributed by atoms with Crippen molar-refractivity contribution in [1.82, 2.24) is 15.3 Å². The summed E-state index contributed by atoms with van der Waals surface area (Å²) in [6.45, 7) is 2.42. The van der Waals surface area contributed by atoms with Gasteiger partial charge in [-0.25, -0.2) is 9.97 Å². The maximum atomic E-state index is 6.12. The Hall–Kier alpha value is -2.02. The fourth-order valence-electron chi connectivity index (χ4n) is 4.87. The van der Waals surface area contributed by atoms with Gasteiger partial charge in [-0.15, -0.1) is 0 Å². The molecule has 154 valence electrons. The molecular formula is C23H30N4O2. The molecule has 0 bridgehead atoms. The minimum atomic E-state index is 0.0443. The zero-order chi connectivity index (χ0) is 19.5. The van der Waals surface area contributed by atoms with Gasteiger partial charge in [-0.2, -0.15) is 0 Å². The van der Waals surface area contributed by atoms with E-state index in [1.54, 1.807) is 6.20 Å². The standard InChI is InChI=1S/C23H30N4O2/c1-3-7-16(8-4-1)13-25-19-14-28-22-20(15-29-21(19)22)27-23-24-12-11-18(26-23)17-9-5-2-6-10-17/h2,5-6,9-12,16,19-22,25H,1,3-4,7-8,13-15H2,(H,24,26,27)/t19-,20+,21-,22+/m0/s1. The first-order chi connectivity index (χ1) is 14.4. The van der Waals surface area contributed by atoms with Crippen LogP contribution in [0.15, 0.2) is 42.6 Å². The molecule has 0 spiro atoms. The average molecular weight is 395 g/mol. The fourth-order valence-corrected chi connectivity index (χ4v) is 4.87. The minimum Gasteiger partial charge on any atom is -0.371 e. The summed E-state index contributed by atoms with van der Waals surface area (Å²) in [4.78, 5) is 9.10. The van der Waals surface area contributed by atoms with Crippen LogP contribution >= 0.6 is 0 Å². The van der Waals surface area contributed by atoms with Crippen molar-refractivity contribution >= 4 is 5.95 Å². The van der Waals surface area contributed by atoms with Crippen molar-refractivity contribution in [3.63, 3.8) is 0 Å². The Bertz CT molecular complexity index is 796. The lowest BCUT2D eigenvalue weighted by Gasteiger charge is -2.25. The van der Waals surface area contributed by atoms with Crippen LogP contribution in [0, 0.1) is 5.92 Å². The molecule has 29 heavy (non-hydrogen) atoms. The van der Waals surface area contributed by atoms with Crippen molar-refractivity contribution in [2.45, 2.75) is 56.4 Å². The number of fused-ring (bicyclic) bond motifs is 1. The van der Waals surface area contributed by atoms with Gasteiger partial charge in [-0.3, -0.25) is 0 Å². The van der Waals surface area contributed by atoms with E-state index in [1.165, 1.54) is 32.1 Å². The van der Waals surface area contributed by atoms with Crippen molar-refractivity contribution < 1.29 is 9.47 Å². The van der Waals surface area contributed by atoms with Gasteiger partial charge in [-0.05, 0) is 31.4 Å². The van der Waals surface area contributed by atoms with E-state index in [-0.39, 0.29) is 24.3 Å². The van der Waals surface area contributed by atoms with Crippen LogP contribution in [0.25, 0.3) is 11.3 Å². The molecule has 5 rings (SSSR count). The smallest absolute Gasteiger partial charge is 0.223 e. The molecule has 0 unspecified atom stereocenters. The van der Waals surface area contributed by atoms with E-state index in [2.05, 4.69) is 32.7 Å². The Morgan fingerprint density at radius 2 is 1.66 bits per heavy atom. The van der Waals surface area contributed by atoms with Crippen LogP contribution < -0.4 is 10.6 Å². The summed E-state index contributed by atoms with van der Waals surface area (Å²) in [6.07, 6.45) is 8.82. The molecule has 3 fully saturated rings. The highest BCUT2D eigenvalue weighted by atomic mass is 16.6. The van der Waals surface area contributed by atoms with Gasteiger partial charge < -0.3 is 20.1 Å². The third kappa shape index (κ3) is 4.29. The number of hydrogen-bond donors (Lipinski definition) is 2. The molecule has 1 aromatic carbocycles. The molecule has 1 aromatic heterocycles. The monoisotopic (exact) mass is 394 g/mol. The first-order valence-electron chi connectivity index (χ1n) is 11.0. The van der Waals surface area contributed by atoms with Crippen LogP contribution in [0.4, 0.5) is 5.95 Å². The van der Waals surface area contributed by atoms with Crippen LogP contribution in [-0.4, -0.2) is 54.0 Å². The maximum Gasteiger partial charge on any atom is 0.223 e. The summed E-state index contributed by atoms with van der Waals surface area (Å²) in [5.74, 6) is 1.44. The molecular weight excluding hydrogens is 364 g/mol. The largest absolute Gasteiger partial charge is 0.371 e. The molecule has 2 saturated heterocycles. The van der Waals surface area contributed by atoms with E-state index in [1.807, 2.05) is 24.3 Å². The lowest BCUT2D eigenvalue weighted by molar-refractivity contribution is 0.0671. The van der Waals surface area contributed by atoms with Crippen molar-refractivity contribution in [3.8, 4) is 11.3 Å². The zero-order valence-corrected chi connectivity index (χ0v) is 16.8. The molecule has 1 saturated carbocycles. The zero-order valence-electron chi connectivity index (χ0n) is 16.8. The van der Waals surface area contributed by atoms with E-state index < -0.39 is 0 Å². The number of rotatable bonds is 6. The summed E-state index contributed by atoms with van der Waals surface area (Å²) in [5.41, 5.74) is 2.00. The van der Waals surface area contributed by atoms with Gasteiger partial charge in [0, 0.05) is 11.8 Å². The first kappa shape index (κ1) is 19.0. The molecule has 0 radical (unpaired) electrons. The quantitative estimate of drug-likeness (QED) is 0.784. The predicted molar refractivity (Wildman–Crippen MR) is 113 cm³/mol. The van der Waals surface area contributed by atoms with Crippen LogP contribution in [-0.2, 0) is 9.47 Å². The first-order valence-corrected chi connectivity index (χ1v) is 11.0. The summed E-state index contributed by atoms with van der Waals surface area (Å²) in [6, 6.07) is 12.5. The number of hydrogen-bond acceptors (Lipinski definition) is 6. The Labute approximate surface area is 172 Å². The van der Waals surface area contributed by atoms with Gasteiger partial charge in [0.2, 0.25) is 5.95 Å². The molecule has 6 heteroatoms. The summed E-state index contributed by atoms with van der Waals surface area (Å²) < 4.78 is 12.2. The number of nitrogens with zero attached hydrogens (tertiary/aromatic N) is 2. The van der Waals surface area contributed by atoms with Crippen molar-refractivity contribution in [2.24, 2.45) is 5.92 Å². The van der Waals surface area contributed by atoms with Crippen LogP contribution in [0.1, 0.15) is 32.1 Å². The second-order valence-corrected chi connectivity index (χ2v) is 8.50. The lowest BCUT2D eigenvalue weighted by Crippen LogP contribution is -2.44. The Morgan fingerprint density at radius 3 is 2.48 bits per heavy atom. The van der Waals surface area contributed by atoms with Gasteiger partial charge in [0.05, 0.1) is 31.0 Å². The van der Waals surface area contributed by atoms with E-state index >= 15 is 0 Å². The van der Waals surface area contributed by atoms with Gasteiger partial charge in [0.25, 0.3) is 0 Å². The molecule has 3 aliphatic rings. The number of benzene rings is 1. The van der Waals surface area contributed by atoms with Gasteiger partial charge >= 0.3 is 0 Å². The molecule has 0 amide bonds. The Kier molecular flexibility index (Phi) is 5.74. The third-order valence-corrected chi connectivity index (χ3v) is 6.49. The summed E-state index contributed by atoms with van der Waals surface area (Å²) >= 11 is 0. The number of aromatic nitrogens is 2. The van der Waals surface area contributed by atoms with Gasteiger partial charge in [-0.1, -0.05) is 49.6 Å². The third-order valence-electron chi connectivity index (χ3n) is 6.49. The van der Waals surface area contributed by atoms with E-state index in [9.17, 15) is 0 Å². The molecule has 4 atom stereocenters. The highest BCUT2D eigenvalue weighted by molar-refractivity contribution is 5.59. The fraction of sp³-hybridized carbons (Fsp3) is 0.565. The lowest BCUT2D eigenvalue weighted by atomic mass is 9.89. The Morgan fingerprint density at radius 1 is 0.897 bits per heavy atom. The second-order valence-electron chi connectivity index (χ2n) is 8.50. The van der Waals surface area contributed by atoms with Crippen LogP contribution in [0.2, 0.25) is 0 Å². The molecule has 2 aliphatic heterocycles. The molecule has 3 heterocycles. The highest BCUT2D eigenvalue weighted by Crippen LogP contribution is 2.30. The molecule has 2 N–H and O–H groups in total. The molecule has 1 aliphatic carbocycles. The van der Waals surface area contributed by atoms with Crippen molar-refractivity contribution in [2.75, 3.05) is 25.1 Å². The second kappa shape index (κ2) is 8.78. The molecule has 2 aromatic rings.